The molecule has 1 aliphatic rings. The van der Waals surface area contributed by atoms with Crippen LogP contribution in [-0.2, 0) is 14.8 Å². The summed E-state index contributed by atoms with van der Waals surface area (Å²) in [6.45, 7) is 5.97. The molecular formula is C26H29N3O4S. The first-order chi connectivity index (χ1) is 16.3. The zero-order valence-corrected chi connectivity index (χ0v) is 20.4. The van der Waals surface area contributed by atoms with E-state index in [9.17, 15) is 13.2 Å². The van der Waals surface area contributed by atoms with Crippen LogP contribution in [0.3, 0.4) is 0 Å². The van der Waals surface area contributed by atoms with E-state index < -0.39 is 15.9 Å². The summed E-state index contributed by atoms with van der Waals surface area (Å²) in [7, 11) is -3.89. The summed E-state index contributed by atoms with van der Waals surface area (Å²) in [5, 5.41) is 6.92. The number of anilines is 1. The SMILES string of the molecule is Cc1cccc(C)c1NC(=O)[C@@H]1CCCN(S(=O)(=O)c2c(C)noc2/C=C/c2ccccc2)C1. The van der Waals surface area contributed by atoms with Crippen LogP contribution in [0.2, 0.25) is 0 Å². The number of nitrogens with one attached hydrogen (secondary N) is 1. The number of para-hydroxylation sites is 1. The van der Waals surface area contributed by atoms with Gasteiger partial charge in [0.25, 0.3) is 0 Å². The number of nitrogens with zero attached hydrogens (tertiary/aromatic N) is 2. The molecule has 0 unspecified atom stereocenters. The van der Waals surface area contributed by atoms with Gasteiger partial charge in [-0.3, -0.25) is 4.79 Å². The maximum atomic E-state index is 13.6. The molecule has 2 heterocycles. The van der Waals surface area contributed by atoms with E-state index in [1.54, 1.807) is 19.1 Å². The highest BCUT2D eigenvalue weighted by molar-refractivity contribution is 7.89. The number of rotatable bonds is 6. The van der Waals surface area contributed by atoms with Gasteiger partial charge >= 0.3 is 0 Å². The molecule has 2 aromatic carbocycles. The zero-order valence-electron chi connectivity index (χ0n) is 19.6. The minimum absolute atomic E-state index is 0.0514. The Hall–Kier alpha value is -3.23. The van der Waals surface area contributed by atoms with Crippen LogP contribution in [-0.4, -0.2) is 36.9 Å². The highest BCUT2D eigenvalue weighted by Gasteiger charge is 2.37. The van der Waals surface area contributed by atoms with Gasteiger partial charge in [-0.2, -0.15) is 4.31 Å². The van der Waals surface area contributed by atoms with Crippen LogP contribution in [0.5, 0.6) is 0 Å². The number of carbonyl (C=O) groups is 1. The number of hydrogen-bond acceptors (Lipinski definition) is 5. The van der Waals surface area contributed by atoms with E-state index in [1.165, 1.54) is 4.31 Å². The Bertz CT molecular complexity index is 1290. The Morgan fingerprint density at radius 1 is 1.06 bits per heavy atom. The molecule has 0 saturated carbocycles. The lowest BCUT2D eigenvalue weighted by molar-refractivity contribution is -0.120. The normalized spacial score (nSPS) is 17.2. The molecule has 7 nitrogen and oxygen atoms in total. The van der Waals surface area contributed by atoms with Crippen LogP contribution in [0.15, 0.2) is 57.9 Å². The van der Waals surface area contributed by atoms with Gasteiger partial charge in [-0.1, -0.05) is 59.8 Å². The summed E-state index contributed by atoms with van der Waals surface area (Å²) < 4.78 is 33.9. The average Bonchev–Trinajstić information content (AvgIpc) is 3.22. The van der Waals surface area contributed by atoms with Gasteiger partial charge in [0, 0.05) is 18.8 Å². The van der Waals surface area contributed by atoms with E-state index in [0.29, 0.717) is 25.1 Å². The molecule has 178 valence electrons. The zero-order chi connectivity index (χ0) is 24.3. The van der Waals surface area contributed by atoms with Crippen LogP contribution < -0.4 is 5.32 Å². The molecule has 1 aromatic heterocycles. The van der Waals surface area contributed by atoms with Crippen LogP contribution in [0.25, 0.3) is 12.2 Å². The van der Waals surface area contributed by atoms with Gasteiger partial charge in [0.15, 0.2) is 10.7 Å². The number of amides is 1. The molecule has 0 aliphatic carbocycles. The van der Waals surface area contributed by atoms with Gasteiger partial charge in [0.1, 0.15) is 5.69 Å². The van der Waals surface area contributed by atoms with Gasteiger partial charge in [-0.25, -0.2) is 8.42 Å². The van der Waals surface area contributed by atoms with Gasteiger partial charge in [0.2, 0.25) is 15.9 Å². The lowest BCUT2D eigenvalue weighted by atomic mass is 9.98. The molecule has 4 rings (SSSR count). The maximum absolute atomic E-state index is 13.6. The number of aromatic nitrogens is 1. The predicted molar refractivity (Wildman–Crippen MR) is 133 cm³/mol. The van der Waals surface area contributed by atoms with Gasteiger partial charge in [0.05, 0.1) is 5.92 Å². The fourth-order valence-electron chi connectivity index (χ4n) is 4.28. The van der Waals surface area contributed by atoms with E-state index in [-0.39, 0.29) is 23.1 Å². The minimum Gasteiger partial charge on any atom is -0.355 e. The van der Waals surface area contributed by atoms with Crippen molar-refractivity contribution in [2.24, 2.45) is 5.92 Å². The number of benzene rings is 2. The van der Waals surface area contributed by atoms with Crippen LogP contribution in [0.4, 0.5) is 5.69 Å². The molecule has 1 saturated heterocycles. The van der Waals surface area contributed by atoms with Crippen molar-refractivity contribution in [3.05, 3.63) is 76.7 Å². The molecule has 34 heavy (non-hydrogen) atoms. The highest BCUT2D eigenvalue weighted by Crippen LogP contribution is 2.30. The van der Waals surface area contributed by atoms with Crippen molar-refractivity contribution in [3.8, 4) is 0 Å². The van der Waals surface area contributed by atoms with E-state index in [0.717, 1.165) is 22.4 Å². The Morgan fingerprint density at radius 2 is 1.76 bits per heavy atom. The lowest BCUT2D eigenvalue weighted by Gasteiger charge is -2.31. The molecule has 1 amide bonds. The third kappa shape index (κ3) is 4.98. The molecule has 0 spiro atoms. The largest absolute Gasteiger partial charge is 0.355 e. The first-order valence-corrected chi connectivity index (χ1v) is 12.8. The quantitative estimate of drug-likeness (QED) is 0.548. The van der Waals surface area contributed by atoms with Gasteiger partial charge in [-0.05, 0) is 56.4 Å². The Balaban J connectivity index is 1.55. The van der Waals surface area contributed by atoms with E-state index in [4.69, 9.17) is 4.52 Å². The number of carbonyl (C=O) groups excluding carboxylic acids is 1. The van der Waals surface area contributed by atoms with E-state index in [2.05, 4.69) is 10.5 Å². The van der Waals surface area contributed by atoms with Crippen LogP contribution in [0.1, 0.15) is 41.0 Å². The Labute approximate surface area is 200 Å². The lowest BCUT2D eigenvalue weighted by Crippen LogP contribution is -2.44. The molecule has 1 fully saturated rings. The molecule has 0 radical (unpaired) electrons. The first kappa shape index (κ1) is 23.9. The van der Waals surface area contributed by atoms with Gasteiger partial charge in [-0.15, -0.1) is 0 Å². The summed E-state index contributed by atoms with van der Waals surface area (Å²) in [5.41, 5.74) is 3.96. The summed E-state index contributed by atoms with van der Waals surface area (Å²) >= 11 is 0. The molecule has 1 N–H and O–H groups in total. The fourth-order valence-corrected chi connectivity index (χ4v) is 6.05. The second-order valence-electron chi connectivity index (χ2n) is 8.66. The Kier molecular flexibility index (Phi) is 7.00. The molecular weight excluding hydrogens is 450 g/mol. The Morgan fingerprint density at radius 3 is 2.47 bits per heavy atom. The summed E-state index contributed by atoms with van der Waals surface area (Å²) in [5.74, 6) is -0.419. The maximum Gasteiger partial charge on any atom is 0.248 e. The van der Waals surface area contributed by atoms with Crippen LogP contribution >= 0.6 is 0 Å². The van der Waals surface area contributed by atoms with Crippen molar-refractivity contribution >= 4 is 33.8 Å². The second-order valence-corrected chi connectivity index (χ2v) is 10.5. The monoisotopic (exact) mass is 479 g/mol. The summed E-state index contributed by atoms with van der Waals surface area (Å²) in [4.78, 5) is 13.1. The number of piperidine rings is 1. The van der Waals surface area contributed by atoms with Crippen molar-refractivity contribution in [2.45, 2.75) is 38.5 Å². The third-order valence-corrected chi connectivity index (χ3v) is 8.17. The standard InChI is InChI=1S/C26H29N3O4S/c1-18-9-7-10-19(2)24(18)27-26(30)22-13-8-16-29(17-22)34(31,32)25-20(3)28-33-23(25)15-14-21-11-5-4-6-12-21/h4-7,9-12,14-15,22H,8,13,16-17H2,1-3H3,(H,27,30)/b15-14+/t22-/m1/s1. The summed E-state index contributed by atoms with van der Waals surface area (Å²) in [6.07, 6.45) is 4.64. The molecule has 0 bridgehead atoms. The van der Waals surface area contributed by atoms with Crippen LogP contribution in [0, 0.1) is 26.7 Å². The first-order valence-electron chi connectivity index (χ1n) is 11.3. The number of sulfonamides is 1. The van der Waals surface area contributed by atoms with Crippen molar-refractivity contribution in [3.63, 3.8) is 0 Å². The van der Waals surface area contributed by atoms with Crippen molar-refractivity contribution in [1.29, 1.82) is 0 Å². The highest BCUT2D eigenvalue weighted by atomic mass is 32.2. The number of hydrogen-bond donors (Lipinski definition) is 1. The smallest absolute Gasteiger partial charge is 0.248 e. The fraction of sp³-hybridized carbons (Fsp3) is 0.308. The third-order valence-electron chi connectivity index (χ3n) is 6.14. The van der Waals surface area contributed by atoms with Crippen molar-refractivity contribution in [2.75, 3.05) is 18.4 Å². The molecule has 8 heteroatoms. The molecule has 1 atom stereocenters. The van der Waals surface area contributed by atoms with Gasteiger partial charge < -0.3 is 9.84 Å². The number of aryl methyl sites for hydroxylation is 3. The second kappa shape index (κ2) is 9.95. The van der Waals surface area contributed by atoms with E-state index >= 15 is 0 Å². The topological polar surface area (TPSA) is 92.5 Å². The summed E-state index contributed by atoms with van der Waals surface area (Å²) in [6, 6.07) is 15.4. The van der Waals surface area contributed by atoms with E-state index in [1.807, 2.05) is 62.4 Å². The average molecular weight is 480 g/mol. The minimum atomic E-state index is -3.89. The predicted octanol–water partition coefficient (Wildman–Crippen LogP) is 4.81. The molecule has 3 aromatic rings. The van der Waals surface area contributed by atoms with Crippen molar-refractivity contribution < 1.29 is 17.7 Å². The van der Waals surface area contributed by atoms with Crippen molar-refractivity contribution in [1.82, 2.24) is 9.46 Å². The molecule has 1 aliphatic heterocycles.